The molecule has 0 saturated heterocycles. The van der Waals surface area contributed by atoms with Crippen LogP contribution in [0.25, 0.3) is 0 Å². The second-order valence-electron chi connectivity index (χ2n) is 4.53. The number of hydrogen-bond donors (Lipinski definition) is 2. The van der Waals surface area contributed by atoms with Gasteiger partial charge in [0.05, 0.1) is 0 Å². The van der Waals surface area contributed by atoms with Crippen LogP contribution in [0.4, 0.5) is 5.69 Å². The van der Waals surface area contributed by atoms with Crippen LogP contribution in [0.15, 0.2) is 48.5 Å². The van der Waals surface area contributed by atoms with Gasteiger partial charge >= 0.3 is 0 Å². The van der Waals surface area contributed by atoms with Gasteiger partial charge in [0.2, 0.25) is 0 Å². The first-order chi connectivity index (χ1) is 10.2. The van der Waals surface area contributed by atoms with E-state index in [1.165, 1.54) is 0 Å². The van der Waals surface area contributed by atoms with E-state index in [9.17, 15) is 4.79 Å². The van der Waals surface area contributed by atoms with Gasteiger partial charge in [0.1, 0.15) is 5.75 Å². The fourth-order valence-corrected chi connectivity index (χ4v) is 2.02. The van der Waals surface area contributed by atoms with Crippen LogP contribution in [-0.4, -0.2) is 19.1 Å². The fraction of sp³-hybridized carbons (Fsp3) is 0.188. The Morgan fingerprint density at radius 1 is 1.19 bits per heavy atom. The van der Waals surface area contributed by atoms with E-state index in [1.54, 1.807) is 24.3 Å². The summed E-state index contributed by atoms with van der Waals surface area (Å²) >= 11 is 5.85. The summed E-state index contributed by atoms with van der Waals surface area (Å²) < 4.78 is 5.43. The highest BCUT2D eigenvalue weighted by molar-refractivity contribution is 6.30. The molecule has 0 aliphatic rings. The minimum Gasteiger partial charge on any atom is -0.484 e. The summed E-state index contributed by atoms with van der Waals surface area (Å²) in [6.07, 6.45) is 0.829. The highest BCUT2D eigenvalue weighted by atomic mass is 35.5. The molecule has 110 valence electrons. The van der Waals surface area contributed by atoms with E-state index in [-0.39, 0.29) is 12.5 Å². The second-order valence-corrected chi connectivity index (χ2v) is 4.97. The molecule has 0 aliphatic carbocycles. The molecule has 0 aliphatic heterocycles. The van der Waals surface area contributed by atoms with E-state index < -0.39 is 0 Å². The zero-order valence-corrected chi connectivity index (χ0v) is 12.3. The number of hydrogen-bond acceptors (Lipinski definition) is 3. The van der Waals surface area contributed by atoms with Crippen LogP contribution in [0.1, 0.15) is 5.56 Å². The largest absolute Gasteiger partial charge is 0.484 e. The third-order valence-corrected chi connectivity index (χ3v) is 3.07. The molecule has 2 aromatic carbocycles. The average molecular weight is 305 g/mol. The van der Waals surface area contributed by atoms with E-state index in [0.717, 1.165) is 12.0 Å². The van der Waals surface area contributed by atoms with Crippen molar-refractivity contribution in [3.8, 4) is 5.75 Å². The molecule has 4 nitrogen and oxygen atoms in total. The SMILES string of the molecule is NCCc1ccc(OCC(=O)Nc2cccc(Cl)c2)cc1. The normalized spacial score (nSPS) is 10.2. The minimum atomic E-state index is -0.233. The molecule has 0 fully saturated rings. The van der Waals surface area contributed by atoms with Crippen molar-refractivity contribution in [1.29, 1.82) is 0 Å². The highest BCUT2D eigenvalue weighted by Gasteiger charge is 2.04. The van der Waals surface area contributed by atoms with Crippen LogP contribution in [0.3, 0.4) is 0 Å². The fourth-order valence-electron chi connectivity index (χ4n) is 1.83. The summed E-state index contributed by atoms with van der Waals surface area (Å²) in [4.78, 5) is 11.8. The second kappa shape index (κ2) is 7.67. The predicted molar refractivity (Wildman–Crippen MR) is 84.8 cm³/mol. The standard InChI is InChI=1S/C16H17ClN2O2/c17-13-2-1-3-14(10-13)19-16(20)11-21-15-6-4-12(5-7-15)8-9-18/h1-7,10H,8-9,11,18H2,(H,19,20). The Bertz CT molecular complexity index is 599. The van der Waals surface area contributed by atoms with Crippen LogP contribution in [-0.2, 0) is 11.2 Å². The molecule has 3 N–H and O–H groups in total. The number of rotatable bonds is 6. The van der Waals surface area contributed by atoms with Gasteiger partial charge in [-0.25, -0.2) is 0 Å². The molecule has 1 amide bonds. The van der Waals surface area contributed by atoms with Crippen molar-refractivity contribution in [3.63, 3.8) is 0 Å². The Labute approximate surface area is 128 Å². The Balaban J connectivity index is 1.83. The third kappa shape index (κ3) is 5.10. The number of halogens is 1. The zero-order valence-electron chi connectivity index (χ0n) is 11.5. The van der Waals surface area contributed by atoms with Crippen LogP contribution < -0.4 is 15.8 Å². The summed E-state index contributed by atoms with van der Waals surface area (Å²) in [6.45, 7) is 0.561. The first kappa shape index (κ1) is 15.4. The Hall–Kier alpha value is -2.04. The van der Waals surface area contributed by atoms with Gasteiger partial charge in [0, 0.05) is 10.7 Å². The van der Waals surface area contributed by atoms with Crippen molar-refractivity contribution in [3.05, 3.63) is 59.1 Å². The van der Waals surface area contributed by atoms with Crippen molar-refractivity contribution in [2.75, 3.05) is 18.5 Å². The van der Waals surface area contributed by atoms with Gasteiger partial charge in [0.15, 0.2) is 6.61 Å². The van der Waals surface area contributed by atoms with Crippen LogP contribution in [0, 0.1) is 0 Å². The Morgan fingerprint density at radius 3 is 2.62 bits per heavy atom. The molecule has 0 radical (unpaired) electrons. The number of carbonyl (C=O) groups is 1. The van der Waals surface area contributed by atoms with Crippen molar-refractivity contribution in [2.45, 2.75) is 6.42 Å². The number of amides is 1. The Morgan fingerprint density at radius 2 is 1.95 bits per heavy atom. The number of anilines is 1. The maximum Gasteiger partial charge on any atom is 0.262 e. The van der Waals surface area contributed by atoms with Crippen molar-refractivity contribution in [1.82, 2.24) is 0 Å². The van der Waals surface area contributed by atoms with Gasteiger partial charge in [0.25, 0.3) is 5.91 Å². The number of ether oxygens (including phenoxy) is 1. The average Bonchev–Trinajstić information content (AvgIpc) is 2.47. The third-order valence-electron chi connectivity index (χ3n) is 2.83. The van der Waals surface area contributed by atoms with Crippen LogP contribution >= 0.6 is 11.6 Å². The molecule has 21 heavy (non-hydrogen) atoms. The lowest BCUT2D eigenvalue weighted by atomic mass is 10.1. The maximum atomic E-state index is 11.8. The molecular formula is C16H17ClN2O2. The lowest BCUT2D eigenvalue weighted by molar-refractivity contribution is -0.118. The molecule has 0 unspecified atom stereocenters. The lowest BCUT2D eigenvalue weighted by Crippen LogP contribution is -2.20. The molecule has 2 aromatic rings. The van der Waals surface area contributed by atoms with E-state index in [2.05, 4.69) is 5.32 Å². The van der Waals surface area contributed by atoms with Gasteiger partial charge in [-0.3, -0.25) is 4.79 Å². The number of nitrogens with two attached hydrogens (primary N) is 1. The van der Waals surface area contributed by atoms with Crippen molar-refractivity contribution in [2.24, 2.45) is 5.73 Å². The van der Waals surface area contributed by atoms with Gasteiger partial charge in [-0.1, -0.05) is 29.8 Å². The molecular weight excluding hydrogens is 288 g/mol. The smallest absolute Gasteiger partial charge is 0.262 e. The van der Waals surface area contributed by atoms with E-state index in [4.69, 9.17) is 22.1 Å². The molecule has 0 bridgehead atoms. The van der Waals surface area contributed by atoms with E-state index in [1.807, 2.05) is 24.3 Å². The molecule has 5 heteroatoms. The minimum absolute atomic E-state index is 0.0528. The molecule has 0 saturated carbocycles. The van der Waals surface area contributed by atoms with Crippen molar-refractivity contribution < 1.29 is 9.53 Å². The van der Waals surface area contributed by atoms with Gasteiger partial charge in [-0.05, 0) is 48.9 Å². The lowest BCUT2D eigenvalue weighted by Gasteiger charge is -2.08. The van der Waals surface area contributed by atoms with E-state index >= 15 is 0 Å². The first-order valence-corrected chi connectivity index (χ1v) is 7.02. The van der Waals surface area contributed by atoms with Gasteiger partial charge in [-0.2, -0.15) is 0 Å². The summed E-state index contributed by atoms with van der Waals surface area (Å²) in [5.74, 6) is 0.417. The summed E-state index contributed by atoms with van der Waals surface area (Å²) in [5, 5.41) is 3.29. The van der Waals surface area contributed by atoms with Crippen LogP contribution in [0.2, 0.25) is 5.02 Å². The summed E-state index contributed by atoms with van der Waals surface area (Å²) in [6, 6.07) is 14.5. The van der Waals surface area contributed by atoms with Gasteiger partial charge < -0.3 is 15.8 Å². The number of benzene rings is 2. The predicted octanol–water partition coefficient (Wildman–Crippen LogP) is 2.86. The quantitative estimate of drug-likeness (QED) is 0.862. The molecule has 0 atom stereocenters. The monoisotopic (exact) mass is 304 g/mol. The Kier molecular flexibility index (Phi) is 5.60. The number of carbonyl (C=O) groups excluding carboxylic acids is 1. The van der Waals surface area contributed by atoms with Crippen molar-refractivity contribution >= 4 is 23.2 Å². The molecule has 0 aromatic heterocycles. The first-order valence-electron chi connectivity index (χ1n) is 6.64. The number of nitrogens with one attached hydrogen (secondary N) is 1. The molecule has 0 spiro atoms. The summed E-state index contributed by atoms with van der Waals surface area (Å²) in [7, 11) is 0. The van der Waals surface area contributed by atoms with Crippen LogP contribution in [0.5, 0.6) is 5.75 Å². The maximum absolute atomic E-state index is 11.8. The highest BCUT2D eigenvalue weighted by Crippen LogP contribution is 2.15. The molecule has 0 heterocycles. The summed E-state index contributed by atoms with van der Waals surface area (Å²) in [5.41, 5.74) is 7.28. The topological polar surface area (TPSA) is 64.3 Å². The van der Waals surface area contributed by atoms with Gasteiger partial charge in [-0.15, -0.1) is 0 Å². The molecule has 2 rings (SSSR count). The van der Waals surface area contributed by atoms with E-state index in [0.29, 0.717) is 23.0 Å². The zero-order chi connectivity index (χ0) is 15.1.